The van der Waals surface area contributed by atoms with Gasteiger partial charge in [0.05, 0.1) is 17.7 Å². The number of carbonyl (C=O) groups is 1. The molecule has 3 nitrogen and oxygen atoms in total. The SMILES string of the molecule is COc1ccc(Cl)c(C(=O)NCC23CC4CCC(C(F)C2)C(F)(C4)C3)c1. The normalized spacial score (nSPS) is 38.1. The van der Waals surface area contributed by atoms with Crippen LogP contribution < -0.4 is 10.1 Å². The third-order valence-corrected chi connectivity index (χ3v) is 7.01. The molecular formula is C20H24ClF2NO2. The number of methoxy groups -OCH3 is 1. The van der Waals surface area contributed by atoms with E-state index in [1.165, 1.54) is 7.11 Å². The predicted molar refractivity (Wildman–Crippen MR) is 96.2 cm³/mol. The van der Waals surface area contributed by atoms with Crippen LogP contribution >= 0.6 is 11.6 Å². The number of alkyl halides is 2. The van der Waals surface area contributed by atoms with Crippen molar-refractivity contribution in [3.63, 3.8) is 0 Å². The Morgan fingerprint density at radius 3 is 2.92 bits per heavy atom. The van der Waals surface area contributed by atoms with Crippen LogP contribution in [0.1, 0.15) is 48.9 Å². The number of hydrogen-bond acceptors (Lipinski definition) is 2. The molecule has 5 atom stereocenters. The molecule has 3 aliphatic carbocycles. The standard InChI is InChI=1S/C20H24ClF2NO2/c1-26-13-3-5-16(21)14(6-13)18(25)24-11-19-7-12-2-4-15(17(22)9-19)20(23,8-12)10-19/h3,5-6,12,15,17H,2,4,7-11H2,1H3,(H,24,25). The van der Waals surface area contributed by atoms with Gasteiger partial charge >= 0.3 is 0 Å². The Kier molecular flexibility index (Phi) is 4.41. The van der Waals surface area contributed by atoms with Crippen molar-refractivity contribution in [3.05, 3.63) is 28.8 Å². The van der Waals surface area contributed by atoms with Crippen molar-refractivity contribution in [2.45, 2.75) is 50.4 Å². The van der Waals surface area contributed by atoms with Crippen LogP contribution in [0.2, 0.25) is 5.02 Å². The van der Waals surface area contributed by atoms with Crippen molar-refractivity contribution in [1.29, 1.82) is 0 Å². The number of fused-ring (bicyclic) bond motifs is 2. The van der Waals surface area contributed by atoms with Gasteiger partial charge in [-0.1, -0.05) is 11.6 Å². The number of rotatable bonds is 4. The van der Waals surface area contributed by atoms with Crippen LogP contribution in [0.15, 0.2) is 18.2 Å². The lowest BCUT2D eigenvalue weighted by molar-refractivity contribution is -0.151. The van der Waals surface area contributed by atoms with Gasteiger partial charge in [0.25, 0.3) is 5.91 Å². The molecule has 1 aromatic carbocycles. The molecule has 5 unspecified atom stereocenters. The molecule has 1 N–H and O–H groups in total. The lowest BCUT2D eigenvalue weighted by Crippen LogP contribution is -2.60. The number of amides is 1. The molecule has 3 aliphatic rings. The van der Waals surface area contributed by atoms with Crippen LogP contribution in [0.25, 0.3) is 0 Å². The molecule has 1 amide bonds. The fourth-order valence-electron chi connectivity index (χ4n) is 5.68. The highest BCUT2D eigenvalue weighted by molar-refractivity contribution is 6.33. The molecule has 0 aromatic heterocycles. The van der Waals surface area contributed by atoms with Gasteiger partial charge in [0.1, 0.15) is 17.6 Å². The summed E-state index contributed by atoms with van der Waals surface area (Å²) in [7, 11) is 1.52. The number of carbonyl (C=O) groups excluding carboxylic acids is 1. The topological polar surface area (TPSA) is 38.3 Å². The first kappa shape index (κ1) is 18.0. The van der Waals surface area contributed by atoms with E-state index in [1.54, 1.807) is 18.2 Å². The fourth-order valence-corrected chi connectivity index (χ4v) is 5.89. The third kappa shape index (κ3) is 2.98. The maximum atomic E-state index is 15.4. The average molecular weight is 384 g/mol. The van der Waals surface area contributed by atoms with Gasteiger partial charge < -0.3 is 10.1 Å². The quantitative estimate of drug-likeness (QED) is 0.816. The molecule has 0 spiro atoms. The Hall–Kier alpha value is -1.36. The highest BCUT2D eigenvalue weighted by atomic mass is 35.5. The summed E-state index contributed by atoms with van der Waals surface area (Å²) in [6, 6.07) is 4.87. The van der Waals surface area contributed by atoms with E-state index >= 15 is 4.39 Å². The zero-order valence-corrected chi connectivity index (χ0v) is 15.6. The van der Waals surface area contributed by atoms with Crippen molar-refractivity contribution < 1.29 is 18.3 Å². The first-order chi connectivity index (χ1) is 12.3. The Bertz CT molecular complexity index is 726. The Morgan fingerprint density at radius 2 is 2.15 bits per heavy atom. The molecular weight excluding hydrogens is 360 g/mol. The minimum atomic E-state index is -1.41. The van der Waals surface area contributed by atoms with E-state index in [4.69, 9.17) is 16.3 Å². The van der Waals surface area contributed by atoms with Crippen LogP contribution in [0, 0.1) is 17.3 Å². The zero-order valence-electron chi connectivity index (χ0n) is 14.9. The van der Waals surface area contributed by atoms with E-state index in [2.05, 4.69) is 5.32 Å². The molecule has 3 bridgehead atoms. The lowest BCUT2D eigenvalue weighted by Gasteiger charge is -2.58. The summed E-state index contributed by atoms with van der Waals surface area (Å²) in [6.45, 7) is 0.286. The second kappa shape index (κ2) is 6.36. The summed E-state index contributed by atoms with van der Waals surface area (Å²) in [4.78, 5) is 12.6. The molecule has 3 fully saturated rings. The molecule has 26 heavy (non-hydrogen) atoms. The molecule has 0 heterocycles. The Labute approximate surface area is 157 Å². The van der Waals surface area contributed by atoms with E-state index in [0.717, 1.165) is 12.8 Å². The first-order valence-electron chi connectivity index (χ1n) is 9.29. The molecule has 6 heteroatoms. The van der Waals surface area contributed by atoms with Crippen LogP contribution in [-0.2, 0) is 0 Å². The molecule has 142 valence electrons. The molecule has 0 radical (unpaired) electrons. The predicted octanol–water partition coefficient (Wildman–Crippen LogP) is 4.73. The maximum Gasteiger partial charge on any atom is 0.252 e. The molecule has 1 aromatic rings. The molecule has 4 rings (SSSR count). The van der Waals surface area contributed by atoms with Crippen molar-refractivity contribution >= 4 is 17.5 Å². The van der Waals surface area contributed by atoms with Gasteiger partial charge in [0.2, 0.25) is 0 Å². The van der Waals surface area contributed by atoms with Crippen LogP contribution in [0.5, 0.6) is 5.75 Å². The van der Waals surface area contributed by atoms with E-state index in [1.807, 2.05) is 0 Å². The molecule has 0 aliphatic heterocycles. The van der Waals surface area contributed by atoms with Gasteiger partial charge in [-0.25, -0.2) is 8.78 Å². The summed E-state index contributed by atoms with van der Waals surface area (Å²) >= 11 is 6.13. The van der Waals surface area contributed by atoms with E-state index in [0.29, 0.717) is 47.9 Å². The number of ether oxygens (including phenoxy) is 1. The van der Waals surface area contributed by atoms with Crippen LogP contribution in [0.4, 0.5) is 8.78 Å². The van der Waals surface area contributed by atoms with E-state index in [-0.39, 0.29) is 12.5 Å². The minimum Gasteiger partial charge on any atom is -0.497 e. The van der Waals surface area contributed by atoms with E-state index in [9.17, 15) is 9.18 Å². The van der Waals surface area contributed by atoms with E-state index < -0.39 is 23.2 Å². The van der Waals surface area contributed by atoms with Crippen molar-refractivity contribution in [3.8, 4) is 5.75 Å². The fraction of sp³-hybridized carbons (Fsp3) is 0.650. The van der Waals surface area contributed by atoms with Gasteiger partial charge in [0, 0.05) is 12.5 Å². The Balaban J connectivity index is 1.51. The largest absolute Gasteiger partial charge is 0.497 e. The van der Waals surface area contributed by atoms with Crippen molar-refractivity contribution in [1.82, 2.24) is 5.32 Å². The summed E-state index contributed by atoms with van der Waals surface area (Å²) in [5.74, 6) is 0.0481. The summed E-state index contributed by atoms with van der Waals surface area (Å²) in [5.41, 5.74) is -1.58. The van der Waals surface area contributed by atoms with Gasteiger partial charge in [-0.2, -0.15) is 0 Å². The number of nitrogens with one attached hydrogen (secondary N) is 1. The molecule has 3 saturated carbocycles. The monoisotopic (exact) mass is 383 g/mol. The Morgan fingerprint density at radius 1 is 1.35 bits per heavy atom. The van der Waals surface area contributed by atoms with Crippen LogP contribution in [-0.4, -0.2) is 31.4 Å². The van der Waals surface area contributed by atoms with Crippen molar-refractivity contribution in [2.24, 2.45) is 17.3 Å². The average Bonchev–Trinajstić information content (AvgIpc) is 2.58. The smallest absolute Gasteiger partial charge is 0.252 e. The van der Waals surface area contributed by atoms with Gasteiger partial charge in [-0.05, 0) is 68.1 Å². The third-order valence-electron chi connectivity index (χ3n) is 6.68. The maximum absolute atomic E-state index is 15.4. The van der Waals surface area contributed by atoms with Gasteiger partial charge in [-0.3, -0.25) is 4.79 Å². The van der Waals surface area contributed by atoms with Gasteiger partial charge in [-0.15, -0.1) is 0 Å². The number of halogens is 3. The second-order valence-corrected chi connectivity index (χ2v) is 8.83. The minimum absolute atomic E-state index is 0.286. The van der Waals surface area contributed by atoms with Crippen molar-refractivity contribution in [2.75, 3.05) is 13.7 Å². The summed E-state index contributed by atoms with van der Waals surface area (Å²) in [6.07, 6.45) is 2.40. The molecule has 0 saturated heterocycles. The summed E-state index contributed by atoms with van der Waals surface area (Å²) < 4.78 is 35.3. The highest BCUT2D eigenvalue weighted by Gasteiger charge is 2.61. The van der Waals surface area contributed by atoms with Gasteiger partial charge in [0.15, 0.2) is 0 Å². The second-order valence-electron chi connectivity index (χ2n) is 8.42. The van der Waals surface area contributed by atoms with Crippen LogP contribution in [0.3, 0.4) is 0 Å². The first-order valence-corrected chi connectivity index (χ1v) is 9.67. The highest BCUT2D eigenvalue weighted by Crippen LogP contribution is 2.62. The number of hydrogen-bond donors (Lipinski definition) is 1. The summed E-state index contributed by atoms with van der Waals surface area (Å²) in [5, 5.41) is 3.22. The zero-order chi connectivity index (χ0) is 18.5. The lowest BCUT2D eigenvalue weighted by atomic mass is 9.49. The number of benzene rings is 1.